The van der Waals surface area contributed by atoms with Crippen molar-refractivity contribution in [3.05, 3.63) is 42.7 Å². The highest BCUT2D eigenvalue weighted by Gasteiger charge is 2.11. The third-order valence-corrected chi connectivity index (χ3v) is 2.64. The maximum Gasteiger partial charge on any atom is 0.310 e. The van der Waals surface area contributed by atoms with E-state index in [1.54, 1.807) is 25.3 Å². The molecule has 0 N–H and O–H groups in total. The zero-order chi connectivity index (χ0) is 13.7. The number of carbonyl (C=O) groups is 1. The minimum atomic E-state index is -0.253. The van der Waals surface area contributed by atoms with Crippen molar-refractivity contribution in [2.45, 2.75) is 13.3 Å². The topological polar surface area (TPSA) is 48.7 Å². The molecule has 0 saturated heterocycles. The van der Waals surface area contributed by atoms with Crippen LogP contribution in [0.5, 0.6) is 5.75 Å². The Morgan fingerprint density at radius 2 is 2.32 bits per heavy atom. The number of ether oxygens (including phenoxy) is 2. The minimum Gasteiger partial charge on any atom is -0.489 e. The number of benzene rings is 1. The standard InChI is InChI=1S/C15H16O4/c1-3-7-18-12-5-6-13-11(8-15(16)17-4-2)10-19-14(13)9-12/h3,5-6,9-10H,1,4,7-8H2,2H3. The fourth-order valence-corrected chi connectivity index (χ4v) is 1.81. The lowest BCUT2D eigenvalue weighted by molar-refractivity contribution is -0.142. The first-order chi connectivity index (χ1) is 9.24. The Bertz CT molecular complexity index is 583. The molecule has 0 radical (unpaired) electrons. The number of carbonyl (C=O) groups excluding carboxylic acids is 1. The highest BCUT2D eigenvalue weighted by molar-refractivity contribution is 5.86. The summed E-state index contributed by atoms with van der Waals surface area (Å²) in [7, 11) is 0. The molecule has 0 atom stereocenters. The van der Waals surface area contributed by atoms with E-state index in [2.05, 4.69) is 6.58 Å². The molecule has 0 spiro atoms. The van der Waals surface area contributed by atoms with E-state index in [0.717, 1.165) is 10.9 Å². The molecule has 1 aromatic carbocycles. The van der Waals surface area contributed by atoms with Crippen molar-refractivity contribution in [3.63, 3.8) is 0 Å². The predicted octanol–water partition coefficient (Wildman–Crippen LogP) is 3.10. The van der Waals surface area contributed by atoms with Crippen LogP contribution in [0.25, 0.3) is 11.0 Å². The number of rotatable bonds is 6. The largest absolute Gasteiger partial charge is 0.489 e. The van der Waals surface area contributed by atoms with E-state index in [-0.39, 0.29) is 12.4 Å². The normalized spacial score (nSPS) is 10.4. The molecule has 0 aliphatic carbocycles. The first-order valence-corrected chi connectivity index (χ1v) is 6.14. The van der Waals surface area contributed by atoms with E-state index in [4.69, 9.17) is 13.9 Å². The van der Waals surface area contributed by atoms with Gasteiger partial charge in [-0.15, -0.1) is 0 Å². The van der Waals surface area contributed by atoms with E-state index in [1.807, 2.05) is 12.1 Å². The third-order valence-electron chi connectivity index (χ3n) is 2.64. The van der Waals surface area contributed by atoms with Gasteiger partial charge in [-0.3, -0.25) is 4.79 Å². The Morgan fingerprint density at radius 1 is 1.47 bits per heavy atom. The molecule has 4 nitrogen and oxygen atoms in total. The van der Waals surface area contributed by atoms with Crippen LogP contribution in [0.2, 0.25) is 0 Å². The van der Waals surface area contributed by atoms with Crippen LogP contribution >= 0.6 is 0 Å². The first kappa shape index (κ1) is 13.2. The van der Waals surface area contributed by atoms with Crippen molar-refractivity contribution >= 4 is 16.9 Å². The number of hydrogen-bond acceptors (Lipinski definition) is 4. The average molecular weight is 260 g/mol. The van der Waals surface area contributed by atoms with Gasteiger partial charge in [0.15, 0.2) is 0 Å². The molecule has 0 bridgehead atoms. The van der Waals surface area contributed by atoms with Crippen molar-refractivity contribution in [1.82, 2.24) is 0 Å². The van der Waals surface area contributed by atoms with E-state index in [1.165, 1.54) is 0 Å². The summed E-state index contributed by atoms with van der Waals surface area (Å²) in [6.07, 6.45) is 3.48. The summed E-state index contributed by atoms with van der Waals surface area (Å²) in [5.74, 6) is 0.460. The Kier molecular flexibility index (Phi) is 4.23. The molecule has 0 unspecified atom stereocenters. The van der Waals surface area contributed by atoms with Crippen LogP contribution in [0, 0.1) is 0 Å². The lowest BCUT2D eigenvalue weighted by Gasteiger charge is -2.03. The molecule has 1 aromatic heterocycles. The van der Waals surface area contributed by atoms with Gasteiger partial charge < -0.3 is 13.9 Å². The smallest absolute Gasteiger partial charge is 0.310 e. The van der Waals surface area contributed by atoms with Gasteiger partial charge in [-0.25, -0.2) is 0 Å². The monoisotopic (exact) mass is 260 g/mol. The van der Waals surface area contributed by atoms with Gasteiger partial charge in [0.2, 0.25) is 0 Å². The fraction of sp³-hybridized carbons (Fsp3) is 0.267. The highest BCUT2D eigenvalue weighted by atomic mass is 16.5. The molecule has 2 rings (SSSR count). The van der Waals surface area contributed by atoms with E-state index in [9.17, 15) is 4.79 Å². The molecule has 0 aliphatic heterocycles. The van der Waals surface area contributed by atoms with Crippen LogP contribution in [-0.2, 0) is 16.0 Å². The zero-order valence-electron chi connectivity index (χ0n) is 10.8. The Morgan fingerprint density at radius 3 is 3.05 bits per heavy atom. The van der Waals surface area contributed by atoms with Crippen LogP contribution in [0.1, 0.15) is 12.5 Å². The number of fused-ring (bicyclic) bond motifs is 1. The lowest BCUT2D eigenvalue weighted by atomic mass is 10.1. The highest BCUT2D eigenvalue weighted by Crippen LogP contribution is 2.26. The quantitative estimate of drug-likeness (QED) is 0.591. The SMILES string of the molecule is C=CCOc1ccc2c(CC(=O)OCC)coc2c1. The van der Waals surface area contributed by atoms with E-state index in [0.29, 0.717) is 24.5 Å². The van der Waals surface area contributed by atoms with Gasteiger partial charge in [0, 0.05) is 17.0 Å². The van der Waals surface area contributed by atoms with Crippen LogP contribution in [0.3, 0.4) is 0 Å². The van der Waals surface area contributed by atoms with Gasteiger partial charge in [0.1, 0.15) is 17.9 Å². The molecule has 0 amide bonds. The number of furan rings is 1. The second-order valence-corrected chi connectivity index (χ2v) is 4.00. The van der Waals surface area contributed by atoms with Crippen molar-refractivity contribution in [2.75, 3.05) is 13.2 Å². The van der Waals surface area contributed by atoms with Crippen LogP contribution < -0.4 is 4.74 Å². The molecule has 19 heavy (non-hydrogen) atoms. The van der Waals surface area contributed by atoms with Gasteiger partial charge in [-0.2, -0.15) is 0 Å². The van der Waals surface area contributed by atoms with E-state index < -0.39 is 0 Å². The summed E-state index contributed by atoms with van der Waals surface area (Å²) < 4.78 is 15.8. The van der Waals surface area contributed by atoms with Crippen LogP contribution in [0.4, 0.5) is 0 Å². The van der Waals surface area contributed by atoms with Gasteiger partial charge in [-0.05, 0) is 19.1 Å². The molecule has 2 aromatic rings. The summed E-state index contributed by atoms with van der Waals surface area (Å²) >= 11 is 0. The Balaban J connectivity index is 2.19. The molecule has 1 heterocycles. The van der Waals surface area contributed by atoms with Gasteiger partial charge in [-0.1, -0.05) is 12.7 Å². The molecule has 4 heteroatoms. The summed E-state index contributed by atoms with van der Waals surface area (Å²) in [5, 5.41) is 0.902. The minimum absolute atomic E-state index is 0.216. The Hall–Kier alpha value is -2.23. The third kappa shape index (κ3) is 3.16. The second-order valence-electron chi connectivity index (χ2n) is 4.00. The molecule has 100 valence electrons. The maximum absolute atomic E-state index is 11.5. The van der Waals surface area contributed by atoms with Crippen molar-refractivity contribution in [1.29, 1.82) is 0 Å². The average Bonchev–Trinajstić information content (AvgIpc) is 2.79. The molecule has 0 saturated carbocycles. The molecular weight excluding hydrogens is 244 g/mol. The van der Waals surface area contributed by atoms with Gasteiger partial charge in [0.05, 0.1) is 19.3 Å². The number of hydrogen-bond donors (Lipinski definition) is 0. The summed E-state index contributed by atoms with van der Waals surface area (Å²) in [6.45, 7) is 6.21. The maximum atomic E-state index is 11.5. The van der Waals surface area contributed by atoms with Crippen LogP contribution in [-0.4, -0.2) is 19.2 Å². The molecule has 0 fully saturated rings. The molecular formula is C15H16O4. The Labute approximate surface area is 111 Å². The molecule has 0 aliphatic rings. The number of esters is 1. The van der Waals surface area contributed by atoms with Crippen molar-refractivity contribution in [3.8, 4) is 5.75 Å². The van der Waals surface area contributed by atoms with Crippen LogP contribution in [0.15, 0.2) is 41.5 Å². The summed E-state index contributed by atoms with van der Waals surface area (Å²) in [6, 6.07) is 5.52. The summed E-state index contributed by atoms with van der Waals surface area (Å²) in [4.78, 5) is 11.5. The van der Waals surface area contributed by atoms with Crippen molar-refractivity contribution in [2.24, 2.45) is 0 Å². The lowest BCUT2D eigenvalue weighted by Crippen LogP contribution is -2.06. The van der Waals surface area contributed by atoms with E-state index >= 15 is 0 Å². The van der Waals surface area contributed by atoms with Gasteiger partial charge >= 0.3 is 5.97 Å². The first-order valence-electron chi connectivity index (χ1n) is 6.14. The van der Waals surface area contributed by atoms with Gasteiger partial charge in [0.25, 0.3) is 0 Å². The van der Waals surface area contributed by atoms with Crippen molar-refractivity contribution < 1.29 is 18.7 Å². The zero-order valence-corrected chi connectivity index (χ0v) is 10.8. The fourth-order valence-electron chi connectivity index (χ4n) is 1.81. The predicted molar refractivity (Wildman–Crippen MR) is 72.2 cm³/mol. The summed E-state index contributed by atoms with van der Waals surface area (Å²) in [5.41, 5.74) is 1.52. The second kappa shape index (κ2) is 6.09.